The molecule has 0 aliphatic carbocycles. The average Bonchev–Trinajstić information content (AvgIpc) is 2.97. The molecule has 0 bridgehead atoms. The van der Waals surface area contributed by atoms with E-state index in [0.29, 0.717) is 16.1 Å². The van der Waals surface area contributed by atoms with Gasteiger partial charge < -0.3 is 0 Å². The van der Waals surface area contributed by atoms with E-state index < -0.39 is 0 Å². The quantitative estimate of drug-likeness (QED) is 0.471. The number of benzene rings is 2. The maximum absolute atomic E-state index is 13.5. The summed E-state index contributed by atoms with van der Waals surface area (Å²) in [5.41, 5.74) is 4.72. The summed E-state index contributed by atoms with van der Waals surface area (Å²) in [5.74, 6) is -0.190. The van der Waals surface area contributed by atoms with Gasteiger partial charge in [0.05, 0.1) is 16.4 Å². The first-order valence-electron chi connectivity index (χ1n) is 8.37. The second-order valence-corrected chi connectivity index (χ2v) is 7.11. The number of H-pyrrole nitrogens is 2. The molecule has 4 aromatic rings. The molecule has 0 aliphatic heterocycles. The molecule has 2 N–H and O–H groups in total. The minimum atomic E-state index is -0.301. The van der Waals surface area contributed by atoms with E-state index in [1.807, 2.05) is 26.8 Å². The van der Waals surface area contributed by atoms with Crippen LogP contribution in [-0.4, -0.2) is 15.2 Å². The lowest BCUT2D eigenvalue weighted by Crippen LogP contribution is -2.02. The first-order valence-corrected chi connectivity index (χ1v) is 8.75. The zero-order valence-electron chi connectivity index (χ0n) is 14.6. The lowest BCUT2D eigenvalue weighted by molar-refractivity contribution is 0.628. The number of rotatable bonds is 2. The number of pyridine rings is 1. The normalized spacial score (nSPS) is 11.8. The van der Waals surface area contributed by atoms with E-state index in [0.717, 1.165) is 33.2 Å². The predicted octanol–water partition coefficient (Wildman–Crippen LogP) is 5.30. The van der Waals surface area contributed by atoms with E-state index >= 15 is 0 Å². The SMILES string of the molecule is Cc1c2nc(Cl)c(C(C)C)c(-c3ccc(F)cc3)c2cc2c(=O)[nH][nH]c12. The molecule has 6 heteroatoms. The number of nitrogens with zero attached hydrogens (tertiary/aromatic N) is 1. The van der Waals surface area contributed by atoms with Crippen molar-refractivity contribution < 1.29 is 4.39 Å². The largest absolute Gasteiger partial charge is 0.297 e. The molecule has 0 spiro atoms. The minimum Gasteiger partial charge on any atom is -0.297 e. The van der Waals surface area contributed by atoms with Gasteiger partial charge in [0.2, 0.25) is 0 Å². The molecule has 0 fully saturated rings. The molecule has 2 aromatic carbocycles. The maximum atomic E-state index is 13.5. The van der Waals surface area contributed by atoms with Crippen molar-refractivity contribution in [1.82, 2.24) is 15.2 Å². The van der Waals surface area contributed by atoms with Crippen molar-refractivity contribution in [3.8, 4) is 11.1 Å². The Bertz CT molecular complexity index is 1210. The summed E-state index contributed by atoms with van der Waals surface area (Å²) in [6.07, 6.45) is 0. The summed E-state index contributed by atoms with van der Waals surface area (Å²) < 4.78 is 13.5. The molecule has 0 radical (unpaired) electrons. The molecule has 26 heavy (non-hydrogen) atoms. The molecule has 0 atom stereocenters. The van der Waals surface area contributed by atoms with Gasteiger partial charge in [-0.1, -0.05) is 37.6 Å². The van der Waals surface area contributed by atoms with Gasteiger partial charge >= 0.3 is 0 Å². The van der Waals surface area contributed by atoms with Crippen LogP contribution in [0.2, 0.25) is 5.15 Å². The number of fused-ring (bicyclic) bond motifs is 2. The van der Waals surface area contributed by atoms with Gasteiger partial charge in [0.15, 0.2) is 0 Å². The highest BCUT2D eigenvalue weighted by Gasteiger charge is 2.21. The van der Waals surface area contributed by atoms with Crippen LogP contribution in [0.1, 0.15) is 30.9 Å². The predicted molar refractivity (Wildman–Crippen MR) is 103 cm³/mol. The van der Waals surface area contributed by atoms with Crippen LogP contribution >= 0.6 is 11.6 Å². The zero-order chi connectivity index (χ0) is 18.6. The second kappa shape index (κ2) is 5.95. The Hall–Kier alpha value is -2.66. The monoisotopic (exact) mass is 369 g/mol. The molecule has 4 rings (SSSR count). The Balaban J connectivity index is 2.24. The number of hydrogen-bond donors (Lipinski definition) is 2. The third-order valence-electron chi connectivity index (χ3n) is 4.77. The van der Waals surface area contributed by atoms with Crippen LogP contribution in [-0.2, 0) is 0 Å². The Morgan fingerprint density at radius 3 is 2.46 bits per heavy atom. The molecule has 2 aromatic heterocycles. The van der Waals surface area contributed by atoms with E-state index in [2.05, 4.69) is 15.2 Å². The molecule has 0 unspecified atom stereocenters. The van der Waals surface area contributed by atoms with Gasteiger partial charge in [-0.15, -0.1) is 0 Å². The fraction of sp³-hybridized carbons (Fsp3) is 0.200. The fourth-order valence-corrected chi connectivity index (χ4v) is 3.93. The second-order valence-electron chi connectivity index (χ2n) is 6.75. The third kappa shape index (κ3) is 2.42. The molecule has 0 amide bonds. The van der Waals surface area contributed by atoms with E-state index in [1.165, 1.54) is 12.1 Å². The summed E-state index contributed by atoms with van der Waals surface area (Å²) >= 11 is 6.55. The summed E-state index contributed by atoms with van der Waals surface area (Å²) in [6, 6.07) is 8.14. The van der Waals surface area contributed by atoms with Crippen LogP contribution in [0.15, 0.2) is 35.1 Å². The molecule has 2 heterocycles. The van der Waals surface area contributed by atoms with Crippen molar-refractivity contribution in [1.29, 1.82) is 0 Å². The first-order chi connectivity index (χ1) is 12.4. The van der Waals surface area contributed by atoms with Gasteiger partial charge in [0.1, 0.15) is 11.0 Å². The van der Waals surface area contributed by atoms with Gasteiger partial charge in [-0.25, -0.2) is 9.37 Å². The Labute approximate surface area is 154 Å². The Morgan fingerprint density at radius 1 is 1.12 bits per heavy atom. The Kier molecular flexibility index (Phi) is 3.84. The molecular formula is C20H17ClFN3O. The smallest absolute Gasteiger partial charge is 0.271 e. The first kappa shape index (κ1) is 16.8. The van der Waals surface area contributed by atoms with Crippen molar-refractivity contribution in [3.05, 3.63) is 62.8 Å². The lowest BCUT2D eigenvalue weighted by atomic mass is 9.89. The fourth-order valence-electron chi connectivity index (χ4n) is 3.53. The molecular weight excluding hydrogens is 353 g/mol. The number of aromatic nitrogens is 3. The molecule has 132 valence electrons. The van der Waals surface area contributed by atoms with Crippen LogP contribution in [0.4, 0.5) is 4.39 Å². The number of aryl methyl sites for hydroxylation is 1. The maximum Gasteiger partial charge on any atom is 0.271 e. The van der Waals surface area contributed by atoms with Crippen molar-refractivity contribution in [2.75, 3.05) is 0 Å². The number of hydrogen-bond acceptors (Lipinski definition) is 2. The number of aromatic amines is 2. The van der Waals surface area contributed by atoms with E-state index in [9.17, 15) is 9.18 Å². The highest BCUT2D eigenvalue weighted by Crippen LogP contribution is 2.40. The van der Waals surface area contributed by atoms with E-state index in [4.69, 9.17) is 11.6 Å². The Morgan fingerprint density at radius 2 is 1.81 bits per heavy atom. The topological polar surface area (TPSA) is 61.5 Å². The summed E-state index contributed by atoms with van der Waals surface area (Å²) in [4.78, 5) is 16.8. The van der Waals surface area contributed by atoms with Crippen LogP contribution in [0.25, 0.3) is 32.9 Å². The molecule has 4 nitrogen and oxygen atoms in total. The number of halogens is 2. The van der Waals surface area contributed by atoms with Gasteiger partial charge in [-0.2, -0.15) is 0 Å². The van der Waals surface area contributed by atoms with E-state index in [-0.39, 0.29) is 17.3 Å². The van der Waals surface area contributed by atoms with Crippen LogP contribution in [0, 0.1) is 12.7 Å². The van der Waals surface area contributed by atoms with E-state index in [1.54, 1.807) is 12.1 Å². The van der Waals surface area contributed by atoms with Gasteiger partial charge in [-0.3, -0.25) is 15.0 Å². The van der Waals surface area contributed by atoms with Gasteiger partial charge in [-0.05, 0) is 42.2 Å². The molecule has 0 saturated carbocycles. The van der Waals surface area contributed by atoms with Gasteiger partial charge in [0, 0.05) is 16.5 Å². The molecule has 0 aliphatic rings. The summed E-state index contributed by atoms with van der Waals surface area (Å²) in [6.45, 7) is 5.98. The number of nitrogens with one attached hydrogen (secondary N) is 2. The summed E-state index contributed by atoms with van der Waals surface area (Å²) in [7, 11) is 0. The third-order valence-corrected chi connectivity index (χ3v) is 5.06. The van der Waals surface area contributed by atoms with Crippen molar-refractivity contribution >= 4 is 33.4 Å². The molecule has 0 saturated heterocycles. The minimum absolute atomic E-state index is 0.111. The standard InChI is InChI=1S/C20H17ClFN3O/c1-9(2)15-16(11-4-6-12(22)7-5-11)13-8-14-18(24-25-20(14)26)10(3)17(13)23-19(15)21/h4-9H,1-3H3,(H2,24,25,26). The van der Waals surface area contributed by atoms with Crippen molar-refractivity contribution in [3.63, 3.8) is 0 Å². The average molecular weight is 370 g/mol. The lowest BCUT2D eigenvalue weighted by Gasteiger charge is -2.18. The van der Waals surface area contributed by atoms with Crippen LogP contribution in [0.5, 0.6) is 0 Å². The highest BCUT2D eigenvalue weighted by molar-refractivity contribution is 6.31. The van der Waals surface area contributed by atoms with Crippen LogP contribution < -0.4 is 5.56 Å². The van der Waals surface area contributed by atoms with Crippen molar-refractivity contribution in [2.45, 2.75) is 26.7 Å². The highest BCUT2D eigenvalue weighted by atomic mass is 35.5. The van der Waals surface area contributed by atoms with Gasteiger partial charge in [0.25, 0.3) is 5.56 Å². The van der Waals surface area contributed by atoms with Crippen LogP contribution in [0.3, 0.4) is 0 Å². The zero-order valence-corrected chi connectivity index (χ0v) is 15.3. The van der Waals surface area contributed by atoms with Crippen molar-refractivity contribution in [2.24, 2.45) is 0 Å². The summed E-state index contributed by atoms with van der Waals surface area (Å²) in [5, 5.41) is 7.34.